The average molecular weight is 404 g/mol. The molecular formula is C27H20N2O2. The van der Waals surface area contributed by atoms with Crippen LogP contribution in [-0.4, -0.2) is 16.1 Å². The highest BCUT2D eigenvalue weighted by Crippen LogP contribution is 2.39. The molecule has 0 unspecified atom stereocenters. The number of benzene rings is 3. The van der Waals surface area contributed by atoms with Crippen LogP contribution in [0.15, 0.2) is 109 Å². The van der Waals surface area contributed by atoms with Gasteiger partial charge in [0, 0.05) is 11.8 Å². The van der Waals surface area contributed by atoms with Gasteiger partial charge in [0.15, 0.2) is 0 Å². The van der Waals surface area contributed by atoms with Gasteiger partial charge < -0.3 is 0 Å². The van der Waals surface area contributed by atoms with E-state index < -0.39 is 11.3 Å². The molecule has 2 N–H and O–H groups in total. The first-order valence-electron chi connectivity index (χ1n) is 9.84. The van der Waals surface area contributed by atoms with E-state index in [1.807, 2.05) is 109 Å². The van der Waals surface area contributed by atoms with E-state index in [9.17, 15) is 10.0 Å². The summed E-state index contributed by atoms with van der Waals surface area (Å²) in [4.78, 5) is 17.5. The van der Waals surface area contributed by atoms with E-state index in [1.54, 1.807) is 6.20 Å². The molecule has 4 nitrogen and oxygen atoms in total. The average Bonchev–Trinajstić information content (AvgIpc) is 2.85. The van der Waals surface area contributed by atoms with Gasteiger partial charge in [0.2, 0.25) is 0 Å². The Morgan fingerprint density at radius 2 is 1.35 bits per heavy atom. The topological polar surface area (TPSA) is 62.2 Å². The van der Waals surface area contributed by atoms with Crippen LogP contribution in [0.2, 0.25) is 0 Å². The van der Waals surface area contributed by atoms with E-state index in [-0.39, 0.29) is 0 Å². The minimum atomic E-state index is -1.25. The molecule has 0 atom stereocenters. The van der Waals surface area contributed by atoms with Crippen LogP contribution in [0.25, 0.3) is 0 Å². The Hall–Kier alpha value is -4.20. The minimum absolute atomic E-state index is 0.542. The number of hydrogen-bond acceptors (Lipinski definition) is 3. The van der Waals surface area contributed by atoms with Crippen molar-refractivity contribution < 1.29 is 10.0 Å². The van der Waals surface area contributed by atoms with Crippen molar-refractivity contribution in [1.29, 1.82) is 0 Å². The normalized spacial score (nSPS) is 10.6. The molecule has 0 aliphatic heterocycles. The zero-order valence-electron chi connectivity index (χ0n) is 16.7. The highest BCUT2D eigenvalue weighted by molar-refractivity contribution is 5.95. The Kier molecular flexibility index (Phi) is 5.89. The van der Waals surface area contributed by atoms with Crippen LogP contribution >= 0.6 is 0 Å². The number of hydroxylamine groups is 1. The summed E-state index contributed by atoms with van der Waals surface area (Å²) in [6, 6.07) is 31.9. The Morgan fingerprint density at radius 1 is 0.742 bits per heavy atom. The van der Waals surface area contributed by atoms with Gasteiger partial charge in [-0.3, -0.25) is 10.0 Å². The summed E-state index contributed by atoms with van der Waals surface area (Å²) in [5.41, 5.74) is 4.23. The van der Waals surface area contributed by atoms with Crippen LogP contribution in [-0.2, 0) is 10.2 Å². The predicted molar refractivity (Wildman–Crippen MR) is 119 cm³/mol. The Morgan fingerprint density at radius 3 is 1.94 bits per heavy atom. The lowest BCUT2D eigenvalue weighted by atomic mass is 9.68. The molecule has 0 saturated carbocycles. The van der Waals surface area contributed by atoms with Crippen molar-refractivity contribution in [1.82, 2.24) is 10.5 Å². The van der Waals surface area contributed by atoms with E-state index in [0.717, 1.165) is 16.7 Å². The lowest BCUT2D eigenvalue weighted by Gasteiger charge is -2.33. The van der Waals surface area contributed by atoms with Gasteiger partial charge in [0.25, 0.3) is 5.91 Å². The molecule has 0 fully saturated rings. The van der Waals surface area contributed by atoms with Crippen LogP contribution in [0.1, 0.15) is 27.9 Å². The molecule has 0 bridgehead atoms. The van der Waals surface area contributed by atoms with Gasteiger partial charge in [0.05, 0.1) is 0 Å². The number of pyridine rings is 1. The van der Waals surface area contributed by atoms with Crippen molar-refractivity contribution in [2.75, 3.05) is 0 Å². The summed E-state index contributed by atoms with van der Waals surface area (Å²) in [7, 11) is 0. The SMILES string of the molecule is O=C(NO)C(c1ccccc1)(c1ccccc1)c1cccc(C#Cc2ccccn2)c1. The number of hydrogen-bond donors (Lipinski definition) is 2. The van der Waals surface area contributed by atoms with E-state index in [0.29, 0.717) is 11.3 Å². The monoisotopic (exact) mass is 404 g/mol. The molecule has 0 spiro atoms. The quantitative estimate of drug-likeness (QED) is 0.230. The number of carbonyl (C=O) groups excluding carboxylic acids is 1. The summed E-state index contributed by atoms with van der Waals surface area (Å²) >= 11 is 0. The van der Waals surface area contributed by atoms with Gasteiger partial charge in [-0.05, 0) is 46.9 Å². The fraction of sp³-hybridized carbons (Fsp3) is 0.0370. The first-order valence-corrected chi connectivity index (χ1v) is 9.84. The van der Waals surface area contributed by atoms with Gasteiger partial charge in [-0.1, -0.05) is 84.8 Å². The number of amides is 1. The lowest BCUT2D eigenvalue weighted by molar-refractivity contribution is -0.132. The molecule has 1 aromatic heterocycles. The summed E-state index contributed by atoms with van der Waals surface area (Å²) in [6.07, 6.45) is 1.70. The van der Waals surface area contributed by atoms with E-state index in [1.165, 1.54) is 0 Å². The van der Waals surface area contributed by atoms with Crippen molar-refractivity contribution in [2.45, 2.75) is 5.41 Å². The van der Waals surface area contributed by atoms with E-state index in [4.69, 9.17) is 0 Å². The third-order valence-corrected chi connectivity index (χ3v) is 5.15. The van der Waals surface area contributed by atoms with Crippen molar-refractivity contribution in [2.24, 2.45) is 0 Å². The second-order valence-electron chi connectivity index (χ2n) is 6.97. The molecule has 150 valence electrons. The standard InChI is InChI=1S/C27H20N2O2/c30-26(29-31)27(22-11-3-1-4-12-22,23-13-5-2-6-14-23)24-15-9-10-21(20-24)17-18-25-16-7-8-19-28-25/h1-16,19-20,31H,(H,29,30). The molecule has 1 heterocycles. The van der Waals surface area contributed by atoms with Crippen molar-refractivity contribution in [3.63, 3.8) is 0 Å². The molecule has 4 heteroatoms. The lowest BCUT2D eigenvalue weighted by Crippen LogP contribution is -2.45. The van der Waals surface area contributed by atoms with Crippen molar-refractivity contribution >= 4 is 5.91 Å². The van der Waals surface area contributed by atoms with Crippen LogP contribution < -0.4 is 5.48 Å². The van der Waals surface area contributed by atoms with Gasteiger partial charge in [-0.2, -0.15) is 0 Å². The van der Waals surface area contributed by atoms with Gasteiger partial charge in [-0.25, -0.2) is 10.5 Å². The Bertz CT molecular complexity index is 1190. The number of carbonyl (C=O) groups is 1. The van der Waals surface area contributed by atoms with E-state index in [2.05, 4.69) is 16.8 Å². The molecule has 0 aliphatic carbocycles. The highest BCUT2D eigenvalue weighted by atomic mass is 16.5. The van der Waals surface area contributed by atoms with Crippen molar-refractivity contribution in [3.05, 3.63) is 137 Å². The predicted octanol–water partition coefficient (Wildman–Crippen LogP) is 4.32. The van der Waals surface area contributed by atoms with Gasteiger partial charge >= 0.3 is 0 Å². The number of aromatic nitrogens is 1. The Balaban J connectivity index is 1.93. The summed E-state index contributed by atoms with van der Waals surface area (Å²) in [5.74, 6) is 5.64. The maximum atomic E-state index is 13.3. The molecule has 1 amide bonds. The first-order chi connectivity index (χ1) is 15.2. The van der Waals surface area contributed by atoms with Crippen LogP contribution in [0.5, 0.6) is 0 Å². The van der Waals surface area contributed by atoms with Gasteiger partial charge in [-0.15, -0.1) is 0 Å². The van der Waals surface area contributed by atoms with Crippen LogP contribution in [0, 0.1) is 11.8 Å². The fourth-order valence-electron chi connectivity index (χ4n) is 3.76. The molecule has 4 aromatic rings. The molecule has 0 saturated heterocycles. The Labute approximate surface area is 181 Å². The third-order valence-electron chi connectivity index (χ3n) is 5.15. The smallest absolute Gasteiger partial charge is 0.262 e. The molecule has 0 aliphatic rings. The van der Waals surface area contributed by atoms with Crippen LogP contribution in [0.4, 0.5) is 0 Å². The molecule has 0 radical (unpaired) electrons. The number of nitrogens with zero attached hydrogens (tertiary/aromatic N) is 1. The second-order valence-corrected chi connectivity index (χ2v) is 6.97. The van der Waals surface area contributed by atoms with Crippen LogP contribution in [0.3, 0.4) is 0 Å². The minimum Gasteiger partial charge on any atom is -0.289 e. The van der Waals surface area contributed by atoms with E-state index >= 15 is 0 Å². The van der Waals surface area contributed by atoms with Gasteiger partial charge in [0.1, 0.15) is 11.1 Å². The zero-order valence-corrected chi connectivity index (χ0v) is 16.7. The summed E-state index contributed by atoms with van der Waals surface area (Å²) in [6.45, 7) is 0. The zero-order chi connectivity index (χ0) is 21.5. The molecule has 3 aromatic carbocycles. The molecular weight excluding hydrogens is 384 g/mol. The number of rotatable bonds is 4. The number of nitrogens with one attached hydrogen (secondary N) is 1. The van der Waals surface area contributed by atoms with Crippen molar-refractivity contribution in [3.8, 4) is 11.8 Å². The first kappa shape index (κ1) is 20.1. The summed E-state index contributed by atoms with van der Waals surface area (Å²) < 4.78 is 0. The maximum Gasteiger partial charge on any atom is 0.262 e. The largest absolute Gasteiger partial charge is 0.289 e. The second kappa shape index (κ2) is 9.08. The molecule has 4 rings (SSSR count). The highest BCUT2D eigenvalue weighted by Gasteiger charge is 2.43. The third kappa shape index (κ3) is 3.95. The maximum absolute atomic E-state index is 13.3. The fourth-order valence-corrected chi connectivity index (χ4v) is 3.76. The summed E-state index contributed by atoms with van der Waals surface area (Å²) in [5, 5.41) is 9.74. The molecule has 31 heavy (non-hydrogen) atoms.